The molecule has 0 radical (unpaired) electrons. The van der Waals surface area contributed by atoms with Crippen molar-refractivity contribution in [3.8, 4) is 0 Å². The first-order valence-electron chi connectivity index (χ1n) is 7.86. The maximum atomic E-state index is 12.3. The van der Waals surface area contributed by atoms with Gasteiger partial charge in [0.1, 0.15) is 0 Å². The molecule has 3 aromatic heterocycles. The molecule has 1 amide bonds. The lowest BCUT2D eigenvalue weighted by Gasteiger charge is -2.05. The van der Waals surface area contributed by atoms with E-state index in [1.54, 1.807) is 43.0 Å². The maximum Gasteiger partial charge on any atom is 0.257 e. The molecular weight excluding hydrogens is 314 g/mol. The third-order valence-electron chi connectivity index (χ3n) is 3.83. The standard InChI is InChI=1S/C19H15N5O/c25-19(23-17-7-4-8-20-12-17)16-9-15-11-22-24(18(15)21-10-16)13-14-5-2-1-3-6-14/h1-12H,13H2,(H,23,25). The number of fused-ring (bicyclic) bond motifs is 1. The number of anilines is 1. The molecule has 0 aliphatic rings. The van der Waals surface area contributed by atoms with Crippen molar-refractivity contribution in [2.24, 2.45) is 0 Å². The van der Waals surface area contributed by atoms with Crippen molar-refractivity contribution in [1.82, 2.24) is 19.7 Å². The molecule has 0 saturated carbocycles. The van der Waals surface area contributed by atoms with Gasteiger partial charge in [0.05, 0.1) is 30.2 Å². The quantitative estimate of drug-likeness (QED) is 0.624. The normalized spacial score (nSPS) is 10.7. The first kappa shape index (κ1) is 15.0. The second-order valence-electron chi connectivity index (χ2n) is 5.62. The minimum atomic E-state index is -0.224. The Balaban J connectivity index is 1.58. The first-order chi connectivity index (χ1) is 12.3. The monoisotopic (exact) mass is 329 g/mol. The molecule has 0 bridgehead atoms. The number of nitrogens with zero attached hydrogens (tertiary/aromatic N) is 4. The molecule has 0 unspecified atom stereocenters. The van der Waals surface area contributed by atoms with Crippen molar-refractivity contribution in [3.63, 3.8) is 0 Å². The molecule has 0 saturated heterocycles. The molecule has 0 fully saturated rings. The van der Waals surface area contributed by atoms with Crippen LogP contribution in [0, 0.1) is 0 Å². The van der Waals surface area contributed by atoms with Crippen LogP contribution in [0.3, 0.4) is 0 Å². The van der Waals surface area contributed by atoms with Crippen LogP contribution in [0.25, 0.3) is 11.0 Å². The van der Waals surface area contributed by atoms with Crippen LogP contribution in [-0.4, -0.2) is 25.7 Å². The fraction of sp³-hybridized carbons (Fsp3) is 0.0526. The topological polar surface area (TPSA) is 72.7 Å². The fourth-order valence-corrected chi connectivity index (χ4v) is 2.61. The van der Waals surface area contributed by atoms with Gasteiger partial charge < -0.3 is 5.32 Å². The minimum absolute atomic E-state index is 0.224. The van der Waals surface area contributed by atoms with Gasteiger partial charge in [0, 0.05) is 17.8 Å². The average molecular weight is 329 g/mol. The van der Waals surface area contributed by atoms with E-state index in [-0.39, 0.29) is 5.91 Å². The number of carbonyl (C=O) groups is 1. The molecular formula is C19H15N5O. The molecule has 4 rings (SSSR count). The molecule has 0 atom stereocenters. The van der Waals surface area contributed by atoms with Crippen LogP contribution in [0.5, 0.6) is 0 Å². The summed E-state index contributed by atoms with van der Waals surface area (Å²) in [5, 5.41) is 8.02. The second kappa shape index (κ2) is 6.52. The van der Waals surface area contributed by atoms with Gasteiger partial charge in [-0.25, -0.2) is 9.67 Å². The Kier molecular flexibility index (Phi) is 3.92. The minimum Gasteiger partial charge on any atom is -0.321 e. The smallest absolute Gasteiger partial charge is 0.257 e. The van der Waals surface area contributed by atoms with Crippen molar-refractivity contribution < 1.29 is 4.79 Å². The number of rotatable bonds is 4. The Morgan fingerprint density at radius 1 is 1.04 bits per heavy atom. The number of carbonyl (C=O) groups excluding carboxylic acids is 1. The highest BCUT2D eigenvalue weighted by atomic mass is 16.1. The lowest BCUT2D eigenvalue weighted by atomic mass is 10.2. The zero-order valence-corrected chi connectivity index (χ0v) is 13.3. The molecule has 3 heterocycles. The molecule has 6 heteroatoms. The Labute approximate surface area is 144 Å². The Bertz CT molecular complexity index is 1010. The van der Waals surface area contributed by atoms with E-state index in [0.29, 0.717) is 17.8 Å². The summed E-state index contributed by atoms with van der Waals surface area (Å²) in [6.45, 7) is 0.637. The molecule has 122 valence electrons. The number of aromatic nitrogens is 4. The zero-order chi connectivity index (χ0) is 17.1. The van der Waals surface area contributed by atoms with Gasteiger partial charge in [0.25, 0.3) is 5.91 Å². The molecule has 0 spiro atoms. The van der Waals surface area contributed by atoms with E-state index in [4.69, 9.17) is 0 Å². The van der Waals surface area contributed by atoms with E-state index in [0.717, 1.165) is 16.6 Å². The molecule has 0 aliphatic heterocycles. The number of benzene rings is 1. The highest BCUT2D eigenvalue weighted by Gasteiger charge is 2.11. The summed E-state index contributed by atoms with van der Waals surface area (Å²) in [5.74, 6) is -0.224. The molecule has 25 heavy (non-hydrogen) atoms. The van der Waals surface area contributed by atoms with Crippen LogP contribution in [0.1, 0.15) is 15.9 Å². The Hall–Kier alpha value is -3.54. The summed E-state index contributed by atoms with van der Waals surface area (Å²) in [4.78, 5) is 20.8. The summed E-state index contributed by atoms with van der Waals surface area (Å²) in [7, 11) is 0. The number of hydrogen-bond donors (Lipinski definition) is 1. The van der Waals surface area contributed by atoms with Crippen molar-refractivity contribution in [2.75, 3.05) is 5.32 Å². The predicted molar refractivity (Wildman–Crippen MR) is 95.3 cm³/mol. The molecule has 0 aliphatic carbocycles. The van der Waals surface area contributed by atoms with Gasteiger partial charge in [-0.15, -0.1) is 0 Å². The van der Waals surface area contributed by atoms with E-state index in [1.807, 2.05) is 35.0 Å². The fourth-order valence-electron chi connectivity index (χ4n) is 2.61. The van der Waals surface area contributed by atoms with Crippen molar-refractivity contribution in [1.29, 1.82) is 0 Å². The van der Waals surface area contributed by atoms with E-state index < -0.39 is 0 Å². The van der Waals surface area contributed by atoms with Crippen molar-refractivity contribution in [2.45, 2.75) is 6.54 Å². The summed E-state index contributed by atoms with van der Waals surface area (Å²) in [5.41, 5.74) is 3.03. The van der Waals surface area contributed by atoms with Gasteiger partial charge in [-0.05, 0) is 23.8 Å². The van der Waals surface area contributed by atoms with Crippen molar-refractivity contribution in [3.05, 3.63) is 84.4 Å². The van der Waals surface area contributed by atoms with Gasteiger partial charge in [0.15, 0.2) is 5.65 Å². The largest absolute Gasteiger partial charge is 0.321 e. The van der Waals surface area contributed by atoms with Crippen LogP contribution in [0.15, 0.2) is 73.3 Å². The highest BCUT2D eigenvalue weighted by molar-refractivity contribution is 6.05. The summed E-state index contributed by atoms with van der Waals surface area (Å²) >= 11 is 0. The maximum absolute atomic E-state index is 12.3. The van der Waals surface area contributed by atoms with Gasteiger partial charge in [-0.2, -0.15) is 5.10 Å². The van der Waals surface area contributed by atoms with Crippen LogP contribution >= 0.6 is 0 Å². The van der Waals surface area contributed by atoms with Gasteiger partial charge in [0.2, 0.25) is 0 Å². The number of amides is 1. The highest BCUT2D eigenvalue weighted by Crippen LogP contribution is 2.16. The number of pyridine rings is 2. The summed E-state index contributed by atoms with van der Waals surface area (Å²) in [6.07, 6.45) is 6.55. The van der Waals surface area contributed by atoms with E-state index in [2.05, 4.69) is 20.4 Å². The SMILES string of the molecule is O=C(Nc1cccnc1)c1cnc2c(cnn2Cc2ccccc2)c1. The Morgan fingerprint density at radius 2 is 1.92 bits per heavy atom. The van der Waals surface area contributed by atoms with Gasteiger partial charge in [-0.3, -0.25) is 9.78 Å². The lowest BCUT2D eigenvalue weighted by Crippen LogP contribution is -2.12. The lowest BCUT2D eigenvalue weighted by molar-refractivity contribution is 0.102. The second-order valence-corrected chi connectivity index (χ2v) is 5.62. The number of hydrogen-bond acceptors (Lipinski definition) is 4. The third-order valence-corrected chi connectivity index (χ3v) is 3.83. The molecule has 6 nitrogen and oxygen atoms in total. The molecule has 1 aromatic carbocycles. The molecule has 1 N–H and O–H groups in total. The summed E-state index contributed by atoms with van der Waals surface area (Å²) < 4.78 is 1.83. The zero-order valence-electron chi connectivity index (χ0n) is 13.3. The van der Waals surface area contributed by atoms with Crippen molar-refractivity contribution >= 4 is 22.6 Å². The van der Waals surface area contributed by atoms with E-state index in [9.17, 15) is 4.79 Å². The van der Waals surface area contributed by atoms with E-state index >= 15 is 0 Å². The molecule has 4 aromatic rings. The van der Waals surface area contributed by atoms with Crippen LogP contribution in [0.2, 0.25) is 0 Å². The van der Waals surface area contributed by atoms with Gasteiger partial charge in [-0.1, -0.05) is 30.3 Å². The Morgan fingerprint density at radius 3 is 2.72 bits per heavy atom. The average Bonchev–Trinajstić information content (AvgIpc) is 3.05. The van der Waals surface area contributed by atoms with Crippen LogP contribution < -0.4 is 5.32 Å². The first-order valence-corrected chi connectivity index (χ1v) is 7.86. The number of nitrogens with one attached hydrogen (secondary N) is 1. The predicted octanol–water partition coefficient (Wildman–Crippen LogP) is 3.13. The summed E-state index contributed by atoms with van der Waals surface area (Å²) in [6, 6.07) is 15.4. The van der Waals surface area contributed by atoms with Crippen LogP contribution in [-0.2, 0) is 6.54 Å². The third kappa shape index (κ3) is 3.23. The van der Waals surface area contributed by atoms with E-state index in [1.165, 1.54) is 0 Å². The van der Waals surface area contributed by atoms with Crippen LogP contribution in [0.4, 0.5) is 5.69 Å². The van der Waals surface area contributed by atoms with Gasteiger partial charge >= 0.3 is 0 Å².